The zero-order chi connectivity index (χ0) is 19.2. The highest BCUT2D eigenvalue weighted by molar-refractivity contribution is 6.10. The maximum atomic E-state index is 12.5. The Kier molecular flexibility index (Phi) is 6.28. The minimum Gasteiger partial charge on any atom is -0.355 e. The fraction of sp³-hybridized carbons (Fsp3) is 0.286. The van der Waals surface area contributed by atoms with Crippen molar-refractivity contribution in [3.05, 3.63) is 65.7 Å². The van der Waals surface area contributed by atoms with Crippen LogP contribution >= 0.6 is 0 Å². The van der Waals surface area contributed by atoms with E-state index in [0.29, 0.717) is 24.2 Å². The zero-order valence-electron chi connectivity index (χ0n) is 15.3. The number of rotatable bonds is 7. The fourth-order valence-corrected chi connectivity index (χ4v) is 2.36. The molecule has 0 atom stereocenters. The van der Waals surface area contributed by atoms with Gasteiger partial charge < -0.3 is 10.6 Å². The molecule has 136 valence electrons. The van der Waals surface area contributed by atoms with Gasteiger partial charge in [0.25, 0.3) is 0 Å². The van der Waals surface area contributed by atoms with Gasteiger partial charge in [0, 0.05) is 17.8 Å². The predicted molar refractivity (Wildman–Crippen MR) is 102 cm³/mol. The summed E-state index contributed by atoms with van der Waals surface area (Å²) in [6.07, 6.45) is 0.705. The van der Waals surface area contributed by atoms with Gasteiger partial charge in [-0.3, -0.25) is 14.4 Å². The van der Waals surface area contributed by atoms with Gasteiger partial charge in [-0.05, 0) is 57.0 Å². The van der Waals surface area contributed by atoms with Crippen LogP contribution in [0.1, 0.15) is 36.7 Å². The van der Waals surface area contributed by atoms with Crippen molar-refractivity contribution in [3.63, 3.8) is 0 Å². The van der Waals surface area contributed by atoms with Crippen LogP contribution in [0.4, 0.5) is 5.69 Å². The van der Waals surface area contributed by atoms with E-state index in [9.17, 15) is 14.4 Å². The zero-order valence-corrected chi connectivity index (χ0v) is 15.3. The first-order chi connectivity index (χ1) is 12.3. The molecular formula is C21H24N2O3. The number of hydrogen-bond acceptors (Lipinski definition) is 3. The van der Waals surface area contributed by atoms with Gasteiger partial charge in [0.1, 0.15) is 5.41 Å². The van der Waals surface area contributed by atoms with Crippen molar-refractivity contribution in [3.8, 4) is 0 Å². The number of benzene rings is 2. The van der Waals surface area contributed by atoms with Crippen LogP contribution in [0.5, 0.6) is 0 Å². The molecule has 0 spiro atoms. The highest BCUT2D eigenvalue weighted by atomic mass is 16.2. The van der Waals surface area contributed by atoms with Crippen LogP contribution in [0.2, 0.25) is 0 Å². The molecule has 2 N–H and O–H groups in total. The lowest BCUT2D eigenvalue weighted by molar-refractivity contribution is -0.138. The third kappa shape index (κ3) is 5.02. The monoisotopic (exact) mass is 352 g/mol. The Hall–Kier alpha value is -2.95. The molecule has 0 aromatic heterocycles. The fourth-order valence-electron chi connectivity index (χ4n) is 2.36. The molecule has 0 saturated carbocycles. The van der Waals surface area contributed by atoms with Crippen molar-refractivity contribution < 1.29 is 14.4 Å². The summed E-state index contributed by atoms with van der Waals surface area (Å²) in [7, 11) is 0. The summed E-state index contributed by atoms with van der Waals surface area (Å²) in [6, 6.07) is 16.4. The Morgan fingerprint density at radius 2 is 1.50 bits per heavy atom. The van der Waals surface area contributed by atoms with E-state index < -0.39 is 11.3 Å². The van der Waals surface area contributed by atoms with E-state index in [2.05, 4.69) is 10.6 Å². The molecule has 0 aliphatic heterocycles. The van der Waals surface area contributed by atoms with E-state index in [1.54, 1.807) is 38.1 Å². The summed E-state index contributed by atoms with van der Waals surface area (Å²) >= 11 is 0. The minimum atomic E-state index is -1.21. The number of amides is 2. The van der Waals surface area contributed by atoms with Crippen molar-refractivity contribution in [1.82, 2.24) is 5.32 Å². The van der Waals surface area contributed by atoms with Crippen LogP contribution in [0.3, 0.4) is 0 Å². The van der Waals surface area contributed by atoms with E-state index in [0.717, 1.165) is 5.56 Å². The summed E-state index contributed by atoms with van der Waals surface area (Å²) in [4.78, 5) is 36.2. The Morgan fingerprint density at radius 1 is 0.885 bits per heavy atom. The maximum absolute atomic E-state index is 12.5. The topological polar surface area (TPSA) is 75.3 Å². The second-order valence-electron chi connectivity index (χ2n) is 6.70. The first kappa shape index (κ1) is 19.4. The summed E-state index contributed by atoms with van der Waals surface area (Å²) < 4.78 is 0. The van der Waals surface area contributed by atoms with E-state index in [1.165, 1.54) is 6.92 Å². The molecule has 0 bridgehead atoms. The van der Waals surface area contributed by atoms with Crippen LogP contribution in [0, 0.1) is 5.41 Å². The maximum Gasteiger partial charge on any atom is 0.239 e. The van der Waals surface area contributed by atoms with Crippen LogP contribution in [0.25, 0.3) is 0 Å². The quantitative estimate of drug-likeness (QED) is 0.593. The average molecular weight is 352 g/mol. The third-order valence-electron chi connectivity index (χ3n) is 4.23. The number of carbonyl (C=O) groups is 3. The molecule has 2 aromatic carbocycles. The van der Waals surface area contributed by atoms with Crippen molar-refractivity contribution in [2.45, 2.75) is 27.2 Å². The predicted octanol–water partition coefficient (Wildman–Crippen LogP) is 3.21. The lowest BCUT2D eigenvalue weighted by atomic mass is 9.90. The molecule has 2 rings (SSSR count). The molecule has 0 aliphatic carbocycles. The number of carbonyl (C=O) groups excluding carboxylic acids is 3. The van der Waals surface area contributed by atoms with Crippen LogP contribution in [-0.4, -0.2) is 24.1 Å². The summed E-state index contributed by atoms with van der Waals surface area (Å²) in [5.41, 5.74) is 1.03. The van der Waals surface area contributed by atoms with Crippen molar-refractivity contribution in [2.75, 3.05) is 11.9 Å². The number of nitrogens with one attached hydrogen (secondary N) is 2. The van der Waals surface area contributed by atoms with Crippen LogP contribution < -0.4 is 10.6 Å². The SMILES string of the molecule is CC(=O)c1ccc(NC(=O)C(C)(C)C(=O)NCCc2ccccc2)cc1. The minimum absolute atomic E-state index is 0.0407. The highest BCUT2D eigenvalue weighted by Gasteiger charge is 2.35. The second kappa shape index (κ2) is 8.43. The van der Waals surface area contributed by atoms with Crippen molar-refractivity contribution in [1.29, 1.82) is 0 Å². The smallest absolute Gasteiger partial charge is 0.239 e. The lowest BCUT2D eigenvalue weighted by Crippen LogP contribution is -2.45. The van der Waals surface area contributed by atoms with E-state index in [1.807, 2.05) is 30.3 Å². The Morgan fingerprint density at radius 3 is 2.08 bits per heavy atom. The summed E-state index contributed by atoms with van der Waals surface area (Å²) in [6.45, 7) is 5.12. The Balaban J connectivity index is 1.91. The molecule has 0 radical (unpaired) electrons. The highest BCUT2D eigenvalue weighted by Crippen LogP contribution is 2.19. The molecule has 2 amide bonds. The number of Topliss-reactive ketones (excluding diaryl/α,β-unsaturated/α-hetero) is 1. The molecule has 5 nitrogen and oxygen atoms in total. The van der Waals surface area contributed by atoms with Gasteiger partial charge in [-0.1, -0.05) is 30.3 Å². The number of anilines is 1. The second-order valence-corrected chi connectivity index (χ2v) is 6.70. The largest absolute Gasteiger partial charge is 0.355 e. The molecule has 26 heavy (non-hydrogen) atoms. The van der Waals surface area contributed by atoms with Gasteiger partial charge in [-0.2, -0.15) is 0 Å². The molecule has 0 fully saturated rings. The van der Waals surface area contributed by atoms with Crippen molar-refractivity contribution >= 4 is 23.3 Å². The van der Waals surface area contributed by atoms with Gasteiger partial charge in [0.05, 0.1) is 0 Å². The van der Waals surface area contributed by atoms with Crippen molar-refractivity contribution in [2.24, 2.45) is 5.41 Å². The standard InChI is InChI=1S/C21H24N2O3/c1-15(24)17-9-11-18(12-10-17)23-20(26)21(2,3)19(25)22-14-13-16-7-5-4-6-8-16/h4-12H,13-14H2,1-3H3,(H,22,25)(H,23,26). The number of ketones is 1. The normalized spacial score (nSPS) is 10.9. The molecule has 5 heteroatoms. The van der Waals surface area contributed by atoms with Crippen LogP contribution in [0.15, 0.2) is 54.6 Å². The van der Waals surface area contributed by atoms with Gasteiger partial charge in [-0.25, -0.2) is 0 Å². The van der Waals surface area contributed by atoms with Gasteiger partial charge in [0.15, 0.2) is 5.78 Å². The summed E-state index contributed by atoms with van der Waals surface area (Å²) in [5, 5.41) is 5.54. The molecular weight excluding hydrogens is 328 g/mol. The average Bonchev–Trinajstić information content (AvgIpc) is 2.62. The first-order valence-electron chi connectivity index (χ1n) is 8.55. The number of hydrogen-bond donors (Lipinski definition) is 2. The Bertz CT molecular complexity index is 781. The Labute approximate surface area is 153 Å². The molecule has 0 unspecified atom stereocenters. The van der Waals surface area contributed by atoms with Crippen LogP contribution in [-0.2, 0) is 16.0 Å². The molecule has 0 heterocycles. The van der Waals surface area contributed by atoms with Gasteiger partial charge in [0.2, 0.25) is 11.8 Å². The lowest BCUT2D eigenvalue weighted by Gasteiger charge is -2.22. The molecule has 2 aromatic rings. The molecule has 0 saturated heterocycles. The van der Waals surface area contributed by atoms with Gasteiger partial charge >= 0.3 is 0 Å². The third-order valence-corrected chi connectivity index (χ3v) is 4.23. The first-order valence-corrected chi connectivity index (χ1v) is 8.55. The molecule has 0 aliphatic rings. The van der Waals surface area contributed by atoms with E-state index >= 15 is 0 Å². The van der Waals surface area contributed by atoms with E-state index in [4.69, 9.17) is 0 Å². The summed E-state index contributed by atoms with van der Waals surface area (Å²) in [5.74, 6) is -0.766. The van der Waals surface area contributed by atoms with E-state index in [-0.39, 0.29) is 11.7 Å². The van der Waals surface area contributed by atoms with Gasteiger partial charge in [-0.15, -0.1) is 0 Å².